The van der Waals surface area contributed by atoms with Gasteiger partial charge in [0.25, 0.3) is 5.91 Å². The normalized spacial score (nSPS) is 13.3. The zero-order chi connectivity index (χ0) is 14.3. The van der Waals surface area contributed by atoms with Crippen LogP contribution in [0, 0.1) is 0 Å². The van der Waals surface area contributed by atoms with Gasteiger partial charge in [0.05, 0.1) is 5.56 Å². The van der Waals surface area contributed by atoms with E-state index in [1.807, 2.05) is 6.07 Å². The van der Waals surface area contributed by atoms with Crippen LogP contribution in [0.3, 0.4) is 0 Å². The Bertz CT molecular complexity index is 698. The minimum atomic E-state index is -0.394. The molecule has 5 heteroatoms. The first-order valence-electron chi connectivity index (χ1n) is 6.29. The topological polar surface area (TPSA) is 86.8 Å². The predicted octanol–water partition coefficient (Wildman–Crippen LogP) is 1.88. The van der Waals surface area contributed by atoms with Gasteiger partial charge in [-0.3, -0.25) is 4.79 Å². The average Bonchev–Trinajstić information content (AvgIpc) is 2.84. The van der Waals surface area contributed by atoms with E-state index in [-0.39, 0.29) is 17.2 Å². The first-order valence-corrected chi connectivity index (χ1v) is 6.29. The molecule has 0 saturated heterocycles. The second-order valence-electron chi connectivity index (χ2n) is 4.77. The van der Waals surface area contributed by atoms with Crippen LogP contribution in [-0.4, -0.2) is 22.7 Å². The molecule has 1 amide bonds. The zero-order valence-corrected chi connectivity index (χ0v) is 10.7. The molecule has 2 aromatic rings. The average molecular weight is 270 g/mol. The van der Waals surface area contributed by atoms with Gasteiger partial charge in [-0.15, -0.1) is 0 Å². The molecule has 0 bridgehead atoms. The van der Waals surface area contributed by atoms with E-state index in [1.165, 1.54) is 18.2 Å². The van der Waals surface area contributed by atoms with Crippen molar-refractivity contribution in [3.05, 3.63) is 47.5 Å². The maximum absolute atomic E-state index is 12.5. The van der Waals surface area contributed by atoms with Gasteiger partial charge < -0.3 is 20.8 Å². The third kappa shape index (κ3) is 1.84. The number of nitrogen functional groups attached to an aromatic ring is 1. The number of carbonyl (C=O) groups is 1. The summed E-state index contributed by atoms with van der Waals surface area (Å²) < 4.78 is 0. The molecule has 0 aromatic heterocycles. The van der Waals surface area contributed by atoms with Gasteiger partial charge in [0.15, 0.2) is 11.5 Å². The third-order valence-electron chi connectivity index (χ3n) is 3.50. The quantitative estimate of drug-likeness (QED) is 0.545. The van der Waals surface area contributed by atoms with Crippen molar-refractivity contribution in [2.45, 2.75) is 6.42 Å². The number of rotatable bonds is 1. The number of anilines is 2. The largest absolute Gasteiger partial charge is 0.504 e. The second-order valence-corrected chi connectivity index (χ2v) is 4.77. The Balaban J connectivity index is 2.02. The molecule has 1 aliphatic rings. The van der Waals surface area contributed by atoms with E-state index >= 15 is 0 Å². The van der Waals surface area contributed by atoms with E-state index in [1.54, 1.807) is 17.0 Å². The molecule has 3 rings (SSSR count). The van der Waals surface area contributed by atoms with E-state index in [2.05, 4.69) is 0 Å². The van der Waals surface area contributed by atoms with Crippen molar-refractivity contribution >= 4 is 17.3 Å². The Labute approximate surface area is 115 Å². The molecule has 102 valence electrons. The van der Waals surface area contributed by atoms with Crippen molar-refractivity contribution in [3.63, 3.8) is 0 Å². The van der Waals surface area contributed by atoms with Gasteiger partial charge in [-0.05, 0) is 36.2 Å². The first kappa shape index (κ1) is 12.3. The van der Waals surface area contributed by atoms with E-state index in [4.69, 9.17) is 5.73 Å². The fourth-order valence-electron chi connectivity index (χ4n) is 2.46. The number of phenols is 2. The van der Waals surface area contributed by atoms with Gasteiger partial charge >= 0.3 is 0 Å². The molecule has 0 radical (unpaired) electrons. The Hall–Kier alpha value is -2.69. The van der Waals surface area contributed by atoms with Crippen LogP contribution in [0.15, 0.2) is 36.4 Å². The third-order valence-corrected chi connectivity index (χ3v) is 3.50. The minimum Gasteiger partial charge on any atom is -0.504 e. The fraction of sp³-hybridized carbons (Fsp3) is 0.133. The summed E-state index contributed by atoms with van der Waals surface area (Å²) in [6.07, 6.45) is 0.751. The van der Waals surface area contributed by atoms with Crippen molar-refractivity contribution in [1.82, 2.24) is 0 Å². The fourth-order valence-corrected chi connectivity index (χ4v) is 2.46. The first-order chi connectivity index (χ1) is 9.58. The van der Waals surface area contributed by atoms with Crippen LogP contribution in [0.1, 0.15) is 15.9 Å². The van der Waals surface area contributed by atoms with Crippen LogP contribution in [-0.2, 0) is 6.42 Å². The van der Waals surface area contributed by atoms with Crippen molar-refractivity contribution in [2.24, 2.45) is 0 Å². The Morgan fingerprint density at radius 1 is 1.20 bits per heavy atom. The van der Waals surface area contributed by atoms with E-state index < -0.39 is 5.75 Å². The number of para-hydroxylation sites is 1. The number of hydrogen-bond donors (Lipinski definition) is 3. The Kier molecular flexibility index (Phi) is 2.75. The number of carbonyl (C=O) groups excluding carboxylic acids is 1. The summed E-state index contributed by atoms with van der Waals surface area (Å²) in [5.41, 5.74) is 8.24. The van der Waals surface area contributed by atoms with Crippen LogP contribution in [0.5, 0.6) is 11.5 Å². The molecule has 0 saturated carbocycles. The lowest BCUT2D eigenvalue weighted by molar-refractivity contribution is 0.0986. The molecule has 2 aromatic carbocycles. The summed E-state index contributed by atoms with van der Waals surface area (Å²) in [6.45, 7) is 0.534. The van der Waals surface area contributed by atoms with Crippen LogP contribution in [0.25, 0.3) is 0 Å². The summed E-state index contributed by atoms with van der Waals surface area (Å²) in [7, 11) is 0. The summed E-state index contributed by atoms with van der Waals surface area (Å²) in [5, 5.41) is 19.3. The van der Waals surface area contributed by atoms with E-state index in [0.717, 1.165) is 17.7 Å². The van der Waals surface area contributed by atoms with E-state index in [0.29, 0.717) is 12.2 Å². The molecule has 1 heterocycles. The van der Waals surface area contributed by atoms with Gasteiger partial charge in [0, 0.05) is 17.9 Å². The highest BCUT2D eigenvalue weighted by Crippen LogP contribution is 2.34. The molecule has 5 nitrogen and oxygen atoms in total. The highest BCUT2D eigenvalue weighted by Gasteiger charge is 2.27. The number of nitrogens with two attached hydrogens (primary N) is 1. The van der Waals surface area contributed by atoms with Crippen molar-refractivity contribution in [3.8, 4) is 11.5 Å². The number of nitrogens with zero attached hydrogens (tertiary/aromatic N) is 1. The van der Waals surface area contributed by atoms with Gasteiger partial charge in [0.1, 0.15) is 0 Å². The Morgan fingerprint density at radius 3 is 2.80 bits per heavy atom. The van der Waals surface area contributed by atoms with Gasteiger partial charge in [-0.2, -0.15) is 0 Å². The van der Waals surface area contributed by atoms with Crippen molar-refractivity contribution in [2.75, 3.05) is 17.2 Å². The van der Waals surface area contributed by atoms with Crippen molar-refractivity contribution < 1.29 is 15.0 Å². The minimum absolute atomic E-state index is 0.0836. The number of fused-ring (bicyclic) bond motifs is 1. The smallest absolute Gasteiger partial charge is 0.262 e. The maximum Gasteiger partial charge on any atom is 0.262 e. The lowest BCUT2D eigenvalue weighted by atomic mass is 10.1. The number of aromatic hydroxyl groups is 2. The highest BCUT2D eigenvalue weighted by molar-refractivity contribution is 6.09. The van der Waals surface area contributed by atoms with Crippen LogP contribution in [0.2, 0.25) is 0 Å². The second kappa shape index (κ2) is 4.45. The molecular weight excluding hydrogens is 256 g/mol. The van der Waals surface area contributed by atoms with Gasteiger partial charge in [-0.1, -0.05) is 12.1 Å². The van der Waals surface area contributed by atoms with Gasteiger partial charge in [-0.25, -0.2) is 0 Å². The molecule has 0 unspecified atom stereocenters. The predicted molar refractivity (Wildman–Crippen MR) is 76.0 cm³/mol. The standard InChI is InChI=1S/C15H14N2O3/c16-10-5-4-9-6-7-17(12(9)8-10)15(20)11-2-1-3-13(18)14(11)19/h1-5,8,18-19H,6-7,16H2. The number of benzene rings is 2. The molecular formula is C15H14N2O3. The number of phenolic OH excluding ortho intramolecular Hbond substituents is 2. The van der Waals surface area contributed by atoms with E-state index in [9.17, 15) is 15.0 Å². The van der Waals surface area contributed by atoms with Crippen LogP contribution >= 0.6 is 0 Å². The molecule has 0 fully saturated rings. The molecule has 0 aliphatic carbocycles. The molecule has 20 heavy (non-hydrogen) atoms. The summed E-state index contributed by atoms with van der Waals surface area (Å²) >= 11 is 0. The SMILES string of the molecule is Nc1ccc2c(c1)N(C(=O)c1cccc(O)c1O)CC2. The number of amides is 1. The summed E-state index contributed by atoms with van der Waals surface area (Å²) in [5.74, 6) is -1.04. The van der Waals surface area contributed by atoms with Crippen LogP contribution in [0.4, 0.5) is 11.4 Å². The number of hydrogen-bond acceptors (Lipinski definition) is 4. The summed E-state index contributed by atoms with van der Waals surface area (Å²) in [4.78, 5) is 14.1. The van der Waals surface area contributed by atoms with Crippen molar-refractivity contribution in [1.29, 1.82) is 0 Å². The molecule has 4 N–H and O–H groups in total. The van der Waals surface area contributed by atoms with Gasteiger partial charge in [0.2, 0.25) is 0 Å². The maximum atomic E-state index is 12.5. The van der Waals surface area contributed by atoms with Crippen LogP contribution < -0.4 is 10.6 Å². The highest BCUT2D eigenvalue weighted by atomic mass is 16.3. The Morgan fingerprint density at radius 2 is 2.00 bits per heavy atom. The molecule has 1 aliphatic heterocycles. The lowest BCUT2D eigenvalue weighted by Gasteiger charge is -2.18. The summed E-state index contributed by atoms with van der Waals surface area (Å²) in [6, 6.07) is 9.81. The molecule has 0 atom stereocenters. The monoisotopic (exact) mass is 270 g/mol. The zero-order valence-electron chi connectivity index (χ0n) is 10.7. The lowest BCUT2D eigenvalue weighted by Crippen LogP contribution is -2.28. The molecule has 0 spiro atoms.